The van der Waals surface area contributed by atoms with E-state index in [1.807, 2.05) is 0 Å². The Bertz CT molecular complexity index is 1170. The predicted molar refractivity (Wildman–Crippen MR) is 162 cm³/mol. The molecule has 24 heteroatoms. The monoisotopic (exact) mass is 779 g/mol. The average molecular weight is 780 g/mol. The van der Waals surface area contributed by atoms with Gasteiger partial charge in [-0.2, -0.15) is 0 Å². The van der Waals surface area contributed by atoms with E-state index < -0.39 is 148 Å². The fourth-order valence-corrected chi connectivity index (χ4v) is 6.26. The molecule has 4 saturated heterocycles. The van der Waals surface area contributed by atoms with Crippen molar-refractivity contribution < 1.29 is 114 Å². The Kier molecular flexibility index (Phi) is 16.0. The van der Waals surface area contributed by atoms with Gasteiger partial charge in [0, 0.05) is 6.61 Å². The van der Waals surface area contributed by atoms with E-state index in [1.54, 1.807) is 0 Å². The van der Waals surface area contributed by atoms with Crippen molar-refractivity contribution >= 4 is 11.9 Å². The van der Waals surface area contributed by atoms with Gasteiger partial charge in [-0.25, -0.2) is 9.59 Å². The van der Waals surface area contributed by atoms with E-state index in [9.17, 15) is 76.0 Å². The summed E-state index contributed by atoms with van der Waals surface area (Å²) in [5.41, 5.74) is 5.46. The van der Waals surface area contributed by atoms with Crippen LogP contribution in [0.2, 0.25) is 0 Å². The number of carbonyl (C=O) groups is 2. The van der Waals surface area contributed by atoms with Crippen LogP contribution in [-0.4, -0.2) is 228 Å². The highest BCUT2D eigenvalue weighted by Gasteiger charge is 2.56. The molecule has 4 heterocycles. The number of aliphatic carboxylic acids is 2. The summed E-state index contributed by atoms with van der Waals surface area (Å²) in [5.74, 6) is -3.56. The van der Waals surface area contributed by atoms with Crippen LogP contribution in [0.15, 0.2) is 0 Å². The molecule has 0 bridgehead atoms. The molecule has 0 saturated carbocycles. The van der Waals surface area contributed by atoms with Gasteiger partial charge in [0.2, 0.25) is 0 Å². The maximum Gasteiger partial charge on any atom is 0.335 e. The predicted octanol–water partition coefficient (Wildman–Crippen LogP) is -8.41. The third-order valence-electron chi connectivity index (χ3n) is 9.25. The molecule has 20 atom stereocenters. The van der Waals surface area contributed by atoms with E-state index in [0.29, 0.717) is 25.8 Å². The minimum absolute atomic E-state index is 0.0995. The van der Waals surface area contributed by atoms with Gasteiger partial charge in [-0.3, -0.25) is 0 Å². The first-order chi connectivity index (χ1) is 25.1. The Morgan fingerprint density at radius 2 is 0.925 bits per heavy atom. The summed E-state index contributed by atoms with van der Waals surface area (Å²) in [6.07, 6.45) is -37.6. The van der Waals surface area contributed by atoms with Crippen molar-refractivity contribution in [2.45, 2.75) is 142 Å². The molecule has 4 aliphatic heterocycles. The van der Waals surface area contributed by atoms with Crippen LogP contribution < -0.4 is 5.73 Å². The second-order valence-corrected chi connectivity index (χ2v) is 12.9. The van der Waals surface area contributed by atoms with Crippen molar-refractivity contribution in [3.05, 3.63) is 0 Å². The van der Waals surface area contributed by atoms with Gasteiger partial charge in [0.1, 0.15) is 85.5 Å². The minimum atomic E-state index is -2.24. The van der Waals surface area contributed by atoms with E-state index in [1.165, 1.54) is 0 Å². The molecule has 0 aromatic heterocycles. The molecule has 15 N–H and O–H groups in total. The zero-order chi connectivity index (χ0) is 39.3. The number of aliphatic hydroxyl groups is 11. The Hall–Kier alpha value is -1.86. The van der Waals surface area contributed by atoms with Crippen LogP contribution in [0.4, 0.5) is 0 Å². The summed E-state index contributed by atoms with van der Waals surface area (Å²) in [4.78, 5) is 23.5. The highest BCUT2D eigenvalue weighted by Crippen LogP contribution is 2.34. The van der Waals surface area contributed by atoms with Gasteiger partial charge >= 0.3 is 11.9 Å². The Morgan fingerprint density at radius 1 is 0.491 bits per heavy atom. The number of carboxylic acid groups (broad SMARTS) is 2. The second-order valence-electron chi connectivity index (χ2n) is 12.9. The molecule has 24 nitrogen and oxygen atoms in total. The van der Waals surface area contributed by atoms with Gasteiger partial charge in [0.25, 0.3) is 0 Å². The largest absolute Gasteiger partial charge is 0.479 e. The van der Waals surface area contributed by atoms with Gasteiger partial charge in [0.05, 0.1) is 13.2 Å². The van der Waals surface area contributed by atoms with E-state index in [2.05, 4.69) is 0 Å². The summed E-state index contributed by atoms with van der Waals surface area (Å²) in [6.45, 7) is -1.31. The Labute approximate surface area is 300 Å². The fraction of sp³-hybridized carbons (Fsp3) is 0.931. The lowest BCUT2D eigenvalue weighted by molar-refractivity contribution is -0.385. The molecule has 0 aliphatic carbocycles. The van der Waals surface area contributed by atoms with Crippen molar-refractivity contribution in [1.82, 2.24) is 0 Å². The zero-order valence-corrected chi connectivity index (χ0v) is 28.0. The van der Waals surface area contributed by atoms with E-state index in [4.69, 9.17) is 43.6 Å². The van der Waals surface area contributed by atoms with Crippen LogP contribution in [0.3, 0.4) is 0 Å². The average Bonchev–Trinajstić information content (AvgIpc) is 3.12. The number of ether oxygens (including phenoxy) is 8. The molecule has 0 aromatic rings. The normalized spacial score (nSPS) is 46.6. The van der Waals surface area contributed by atoms with Crippen molar-refractivity contribution in [3.8, 4) is 0 Å². The molecular formula is C29H49NO23. The lowest BCUT2D eigenvalue weighted by Gasteiger charge is -2.48. The molecule has 0 radical (unpaired) electrons. The molecule has 0 aromatic carbocycles. The number of unbranched alkanes of at least 4 members (excludes halogenated alkanes) is 2. The molecular weight excluding hydrogens is 730 g/mol. The van der Waals surface area contributed by atoms with Crippen LogP contribution in [0.25, 0.3) is 0 Å². The van der Waals surface area contributed by atoms with Crippen molar-refractivity contribution in [1.29, 1.82) is 0 Å². The van der Waals surface area contributed by atoms with Gasteiger partial charge in [-0.05, 0) is 25.8 Å². The van der Waals surface area contributed by atoms with Crippen LogP contribution in [0.1, 0.15) is 19.3 Å². The number of rotatable bonds is 16. The maximum absolute atomic E-state index is 12.0. The van der Waals surface area contributed by atoms with Crippen LogP contribution in [0.5, 0.6) is 0 Å². The quantitative estimate of drug-likeness (QED) is 0.0647. The first kappa shape index (κ1) is 43.9. The third kappa shape index (κ3) is 9.76. The number of carboxylic acids is 2. The lowest BCUT2D eigenvalue weighted by Crippen LogP contribution is -2.68. The fourth-order valence-electron chi connectivity index (χ4n) is 6.26. The first-order valence-corrected chi connectivity index (χ1v) is 16.8. The van der Waals surface area contributed by atoms with Crippen LogP contribution >= 0.6 is 0 Å². The number of hydrogen-bond donors (Lipinski definition) is 14. The topological polar surface area (TPSA) is 397 Å². The van der Waals surface area contributed by atoms with E-state index in [0.717, 1.165) is 0 Å². The molecule has 4 fully saturated rings. The minimum Gasteiger partial charge on any atom is -0.479 e. The lowest BCUT2D eigenvalue weighted by atomic mass is 9.95. The molecule has 0 amide bonds. The molecule has 53 heavy (non-hydrogen) atoms. The summed E-state index contributed by atoms with van der Waals surface area (Å²) < 4.78 is 43.3. The van der Waals surface area contributed by atoms with Crippen molar-refractivity contribution in [3.63, 3.8) is 0 Å². The molecule has 8 unspecified atom stereocenters. The summed E-state index contributed by atoms with van der Waals surface area (Å²) in [7, 11) is 0. The molecule has 0 spiro atoms. The molecule has 4 aliphatic rings. The zero-order valence-electron chi connectivity index (χ0n) is 28.0. The van der Waals surface area contributed by atoms with Crippen LogP contribution in [0, 0.1) is 0 Å². The van der Waals surface area contributed by atoms with Gasteiger partial charge in [-0.1, -0.05) is 0 Å². The van der Waals surface area contributed by atoms with Crippen molar-refractivity contribution in [2.75, 3.05) is 26.4 Å². The van der Waals surface area contributed by atoms with Crippen molar-refractivity contribution in [2.24, 2.45) is 5.73 Å². The standard InChI is InChI=1S/C29H49NO23/c30-4-2-1-3-5-46-26-15(38)12(35)19(8(6-31)47-26)50-29-18(41)21(17(40)23(53-29)25(44)45)51-27-16(39)13(36)20(9(7-32)48-27)49-28-14(37)10(33)11(34)22(52-28)24(42)43/h8-23,26-29,31-41H,1-7,30H2,(H,42,43)(H,44,45)/t8?,9?,10-,11-,12+,13+,14?,15?,16?,17-,18?,19+,20+,21-,22?,23?,26+,27-,28+,29+/m0/s1. The van der Waals surface area contributed by atoms with E-state index in [-0.39, 0.29) is 6.61 Å². The third-order valence-corrected chi connectivity index (χ3v) is 9.25. The highest BCUT2D eigenvalue weighted by atomic mass is 16.8. The highest BCUT2D eigenvalue weighted by molar-refractivity contribution is 5.73. The molecule has 4 rings (SSSR count). The Balaban J connectivity index is 1.47. The molecule has 308 valence electrons. The van der Waals surface area contributed by atoms with Gasteiger partial charge < -0.3 is 110 Å². The van der Waals surface area contributed by atoms with Crippen LogP contribution in [-0.2, 0) is 47.5 Å². The Morgan fingerprint density at radius 3 is 1.43 bits per heavy atom. The number of nitrogens with two attached hydrogens (primary N) is 1. The summed E-state index contributed by atoms with van der Waals surface area (Å²) in [5, 5.41) is 135. The maximum atomic E-state index is 12.0. The van der Waals surface area contributed by atoms with Gasteiger partial charge in [-0.15, -0.1) is 0 Å². The van der Waals surface area contributed by atoms with Gasteiger partial charge in [0.15, 0.2) is 37.4 Å². The second kappa shape index (κ2) is 19.3. The number of aliphatic hydroxyl groups excluding tert-OH is 11. The SMILES string of the molecule is NCCCCCO[C@@H]1OC(CO)[C@@H](O[C@@H]2OC(C(=O)O)[C@@H](O)[C@H](O[C@@H]3OC(CO)[C@@H](O[C@@H]4OC(C(=O)O)[C@@H](O)[C@H](O)C4O)[C@H](O)C3O)C2O)[C@H](O)C1O. The number of hydrogen-bond acceptors (Lipinski definition) is 22. The van der Waals surface area contributed by atoms with E-state index >= 15 is 0 Å². The smallest absolute Gasteiger partial charge is 0.335 e. The summed E-state index contributed by atoms with van der Waals surface area (Å²) in [6, 6.07) is 0. The first-order valence-electron chi connectivity index (χ1n) is 16.8. The summed E-state index contributed by atoms with van der Waals surface area (Å²) >= 11 is 0.